The van der Waals surface area contributed by atoms with Gasteiger partial charge in [0.25, 0.3) is 5.91 Å². The monoisotopic (exact) mass is 494 g/mol. The minimum atomic E-state index is -4.06. The second-order valence-corrected chi connectivity index (χ2v) is 8.86. The van der Waals surface area contributed by atoms with Crippen LogP contribution in [0.5, 0.6) is 5.75 Å². The van der Waals surface area contributed by atoms with Gasteiger partial charge in [-0.15, -0.1) is 0 Å². The normalized spacial score (nSPS) is 12.2. The maximum absolute atomic E-state index is 12.4. The number of nitrogens with one attached hydrogen (secondary N) is 2. The molecule has 0 aromatic heterocycles. The maximum Gasteiger partial charge on any atom is 0.324 e. The van der Waals surface area contributed by atoms with Gasteiger partial charge >= 0.3 is 5.97 Å². The largest absolute Gasteiger partial charge is 0.495 e. The maximum atomic E-state index is 12.4. The van der Waals surface area contributed by atoms with Crippen molar-refractivity contribution >= 4 is 62.4 Å². The summed E-state index contributed by atoms with van der Waals surface area (Å²) in [5, 5.41) is 3.02. The first-order valence-electron chi connectivity index (χ1n) is 8.31. The molecule has 0 aliphatic carbocycles. The number of amides is 1. The van der Waals surface area contributed by atoms with E-state index in [2.05, 4.69) is 10.0 Å². The molecule has 8 nitrogen and oxygen atoms in total. The number of carbonyl (C=O) groups excluding carboxylic acids is 2. The van der Waals surface area contributed by atoms with Gasteiger partial charge in [0.05, 0.1) is 27.1 Å². The summed E-state index contributed by atoms with van der Waals surface area (Å²) in [5.74, 6) is -1.14. The molecule has 2 aromatic rings. The molecule has 2 aromatic carbocycles. The molecule has 0 bridgehead atoms. The summed E-state index contributed by atoms with van der Waals surface area (Å²) in [7, 11) is -2.61. The van der Waals surface area contributed by atoms with Crippen LogP contribution < -0.4 is 14.8 Å². The van der Waals surface area contributed by atoms with Gasteiger partial charge in [0, 0.05) is 5.69 Å². The SMILES string of the molecule is COc1ccc(NC(=O)COC(=O)C(C)NS(=O)(=O)c2ccc(Cl)c(Cl)c2)cc1Cl. The van der Waals surface area contributed by atoms with Crippen molar-refractivity contribution in [3.8, 4) is 5.75 Å². The third kappa shape index (κ3) is 6.48. The highest BCUT2D eigenvalue weighted by Crippen LogP contribution is 2.27. The van der Waals surface area contributed by atoms with E-state index in [4.69, 9.17) is 44.3 Å². The molecule has 1 amide bonds. The standard InChI is InChI=1S/C18H17Cl3N2O6S/c1-10(23-30(26,27)12-4-5-13(19)14(20)8-12)18(25)29-9-17(24)22-11-3-6-16(28-2)15(21)7-11/h3-8,10,23H,9H2,1-2H3,(H,22,24). The Labute approximate surface area is 188 Å². The average Bonchev–Trinajstić information content (AvgIpc) is 2.67. The minimum Gasteiger partial charge on any atom is -0.495 e. The van der Waals surface area contributed by atoms with Crippen LogP contribution in [-0.4, -0.2) is 40.1 Å². The summed E-state index contributed by atoms with van der Waals surface area (Å²) in [6, 6.07) is 7.03. The smallest absolute Gasteiger partial charge is 0.324 e. The van der Waals surface area contributed by atoms with Gasteiger partial charge in [0.15, 0.2) is 6.61 Å². The van der Waals surface area contributed by atoms with Crippen LogP contribution in [0.1, 0.15) is 6.92 Å². The van der Waals surface area contributed by atoms with E-state index in [1.54, 1.807) is 12.1 Å². The van der Waals surface area contributed by atoms with Crippen molar-refractivity contribution in [3.05, 3.63) is 51.5 Å². The Morgan fingerprint density at radius 1 is 1.03 bits per heavy atom. The van der Waals surface area contributed by atoms with Gasteiger partial charge in [-0.05, 0) is 43.3 Å². The zero-order valence-corrected chi connectivity index (χ0v) is 18.8. The Bertz CT molecular complexity index is 1060. The number of ether oxygens (including phenoxy) is 2. The lowest BCUT2D eigenvalue weighted by molar-refractivity contribution is -0.148. The highest BCUT2D eigenvalue weighted by molar-refractivity contribution is 7.89. The number of esters is 1. The highest BCUT2D eigenvalue weighted by Gasteiger charge is 2.24. The molecule has 1 atom stereocenters. The van der Waals surface area contributed by atoms with Gasteiger partial charge in [0.1, 0.15) is 11.8 Å². The first kappa shape index (κ1) is 24.2. The molecule has 1 unspecified atom stereocenters. The molecule has 162 valence electrons. The molecule has 0 aliphatic heterocycles. The summed E-state index contributed by atoms with van der Waals surface area (Å²) in [5.41, 5.74) is 0.371. The Morgan fingerprint density at radius 3 is 2.33 bits per heavy atom. The van der Waals surface area contributed by atoms with E-state index in [1.807, 2.05) is 0 Å². The van der Waals surface area contributed by atoms with Gasteiger partial charge in [0.2, 0.25) is 10.0 Å². The molecule has 0 spiro atoms. The van der Waals surface area contributed by atoms with E-state index in [0.29, 0.717) is 11.4 Å². The fraction of sp³-hybridized carbons (Fsp3) is 0.222. The molecule has 0 saturated carbocycles. The summed E-state index contributed by atoms with van der Waals surface area (Å²) < 4.78 is 36.7. The number of rotatable bonds is 8. The molecule has 2 N–H and O–H groups in total. The number of carbonyl (C=O) groups is 2. The van der Waals surface area contributed by atoms with E-state index in [0.717, 1.165) is 6.07 Å². The van der Waals surface area contributed by atoms with Gasteiger partial charge in [-0.3, -0.25) is 9.59 Å². The third-order valence-corrected chi connectivity index (χ3v) is 6.24. The van der Waals surface area contributed by atoms with Crippen molar-refractivity contribution in [2.75, 3.05) is 19.0 Å². The molecule has 0 saturated heterocycles. The van der Waals surface area contributed by atoms with E-state index in [1.165, 1.54) is 32.2 Å². The first-order chi connectivity index (χ1) is 14.0. The molecule has 0 heterocycles. The Morgan fingerprint density at radius 2 is 1.73 bits per heavy atom. The Hall–Kier alpha value is -2.04. The average molecular weight is 496 g/mol. The number of hydrogen-bond donors (Lipinski definition) is 2. The van der Waals surface area contributed by atoms with E-state index in [-0.39, 0.29) is 20.0 Å². The Balaban J connectivity index is 1.91. The van der Waals surface area contributed by atoms with E-state index >= 15 is 0 Å². The van der Waals surface area contributed by atoms with Gasteiger partial charge < -0.3 is 14.8 Å². The Kier molecular flexibility index (Phi) is 8.34. The number of benzene rings is 2. The molecule has 0 aliphatic rings. The number of methoxy groups -OCH3 is 1. The summed E-state index contributed by atoms with van der Waals surface area (Å²) in [4.78, 5) is 23.8. The van der Waals surface area contributed by atoms with Crippen molar-refractivity contribution in [3.63, 3.8) is 0 Å². The second-order valence-electron chi connectivity index (χ2n) is 5.92. The predicted octanol–water partition coefficient (Wildman–Crippen LogP) is 3.50. The summed E-state index contributed by atoms with van der Waals surface area (Å²) in [6.45, 7) is 0.653. The van der Waals surface area contributed by atoms with E-state index in [9.17, 15) is 18.0 Å². The lowest BCUT2D eigenvalue weighted by atomic mass is 10.3. The van der Waals surface area contributed by atoms with Crippen LogP contribution in [0, 0.1) is 0 Å². The third-order valence-electron chi connectivity index (χ3n) is 3.67. The highest BCUT2D eigenvalue weighted by atomic mass is 35.5. The lowest BCUT2D eigenvalue weighted by Crippen LogP contribution is -2.40. The summed E-state index contributed by atoms with van der Waals surface area (Å²) in [6.07, 6.45) is 0. The van der Waals surface area contributed by atoms with Crippen molar-refractivity contribution in [1.29, 1.82) is 0 Å². The number of anilines is 1. The molecule has 0 fully saturated rings. The van der Waals surface area contributed by atoms with Crippen molar-refractivity contribution < 1.29 is 27.5 Å². The molecular weight excluding hydrogens is 479 g/mol. The van der Waals surface area contributed by atoms with Crippen LogP contribution in [0.2, 0.25) is 15.1 Å². The van der Waals surface area contributed by atoms with Crippen molar-refractivity contribution in [1.82, 2.24) is 4.72 Å². The van der Waals surface area contributed by atoms with Crippen LogP contribution in [0.25, 0.3) is 0 Å². The zero-order valence-electron chi connectivity index (χ0n) is 15.7. The van der Waals surface area contributed by atoms with Gasteiger partial charge in [-0.25, -0.2) is 8.42 Å². The molecule has 0 radical (unpaired) electrons. The van der Waals surface area contributed by atoms with Crippen LogP contribution in [0.3, 0.4) is 0 Å². The van der Waals surface area contributed by atoms with Gasteiger partial charge in [-0.1, -0.05) is 34.8 Å². The number of halogens is 3. The zero-order chi connectivity index (χ0) is 22.5. The predicted molar refractivity (Wildman–Crippen MR) is 114 cm³/mol. The fourth-order valence-corrected chi connectivity index (χ4v) is 4.03. The number of sulfonamides is 1. The number of hydrogen-bond acceptors (Lipinski definition) is 6. The van der Waals surface area contributed by atoms with Gasteiger partial charge in [-0.2, -0.15) is 4.72 Å². The van der Waals surface area contributed by atoms with Crippen LogP contribution in [-0.2, 0) is 24.3 Å². The first-order valence-corrected chi connectivity index (χ1v) is 10.9. The van der Waals surface area contributed by atoms with Crippen LogP contribution in [0.4, 0.5) is 5.69 Å². The van der Waals surface area contributed by atoms with Crippen LogP contribution >= 0.6 is 34.8 Å². The second kappa shape index (κ2) is 10.3. The van der Waals surface area contributed by atoms with Crippen LogP contribution in [0.15, 0.2) is 41.3 Å². The topological polar surface area (TPSA) is 111 Å². The summed E-state index contributed by atoms with van der Waals surface area (Å²) >= 11 is 17.6. The molecule has 12 heteroatoms. The molecular formula is C18H17Cl3N2O6S. The molecule has 30 heavy (non-hydrogen) atoms. The van der Waals surface area contributed by atoms with E-state index < -0.39 is 34.5 Å². The van der Waals surface area contributed by atoms with Crippen molar-refractivity contribution in [2.24, 2.45) is 0 Å². The van der Waals surface area contributed by atoms with Crippen molar-refractivity contribution in [2.45, 2.75) is 17.9 Å². The lowest BCUT2D eigenvalue weighted by Gasteiger charge is -2.14. The minimum absolute atomic E-state index is 0.0464. The quantitative estimate of drug-likeness (QED) is 0.542. The molecule has 2 rings (SSSR count). The fourth-order valence-electron chi connectivity index (χ4n) is 2.20.